The average molecular weight is 292 g/mol. The molecule has 0 saturated carbocycles. The van der Waals surface area contributed by atoms with Crippen molar-refractivity contribution in [3.63, 3.8) is 0 Å². The van der Waals surface area contributed by atoms with Gasteiger partial charge >= 0.3 is 0 Å². The smallest absolute Gasteiger partial charge is 0.287 e. The Morgan fingerprint density at radius 1 is 1.35 bits per heavy atom. The number of benzene rings is 1. The molecule has 4 nitrogen and oxygen atoms in total. The standard InChI is InChI=1S/C15H18ClN3O/c1-3-8-19-15(20)14(16)13(10-18-19)17-9-12-7-5-4-6-11(12)2/h4-7,10,17H,3,8-9H2,1-2H3. The highest BCUT2D eigenvalue weighted by molar-refractivity contribution is 6.32. The lowest BCUT2D eigenvalue weighted by molar-refractivity contribution is 0.568. The molecule has 0 spiro atoms. The molecule has 2 aromatic rings. The van der Waals surface area contributed by atoms with Crippen LogP contribution in [-0.4, -0.2) is 9.78 Å². The molecule has 0 aliphatic heterocycles. The molecule has 0 bridgehead atoms. The summed E-state index contributed by atoms with van der Waals surface area (Å²) in [5, 5.41) is 7.49. The monoisotopic (exact) mass is 291 g/mol. The third-order valence-corrected chi connectivity index (χ3v) is 3.52. The molecule has 0 saturated heterocycles. The van der Waals surface area contributed by atoms with Crippen molar-refractivity contribution in [2.24, 2.45) is 0 Å². The highest BCUT2D eigenvalue weighted by Crippen LogP contribution is 2.17. The van der Waals surface area contributed by atoms with Gasteiger partial charge in [0.25, 0.3) is 5.56 Å². The summed E-state index contributed by atoms with van der Waals surface area (Å²) in [6.07, 6.45) is 2.46. The molecule has 0 aliphatic carbocycles. The van der Waals surface area contributed by atoms with Crippen molar-refractivity contribution in [1.82, 2.24) is 9.78 Å². The molecule has 0 unspecified atom stereocenters. The van der Waals surface area contributed by atoms with Crippen molar-refractivity contribution < 1.29 is 0 Å². The van der Waals surface area contributed by atoms with Gasteiger partial charge < -0.3 is 5.32 Å². The van der Waals surface area contributed by atoms with Crippen molar-refractivity contribution in [3.05, 3.63) is 57.0 Å². The summed E-state index contributed by atoms with van der Waals surface area (Å²) in [7, 11) is 0. The van der Waals surface area contributed by atoms with Crippen LogP contribution < -0.4 is 10.9 Å². The lowest BCUT2D eigenvalue weighted by atomic mass is 10.1. The van der Waals surface area contributed by atoms with Crippen LogP contribution in [0.3, 0.4) is 0 Å². The normalized spacial score (nSPS) is 10.6. The largest absolute Gasteiger partial charge is 0.378 e. The molecule has 0 fully saturated rings. The molecular formula is C15H18ClN3O. The molecule has 1 aromatic carbocycles. The summed E-state index contributed by atoms with van der Waals surface area (Å²) in [4.78, 5) is 12.0. The quantitative estimate of drug-likeness (QED) is 0.920. The first-order valence-electron chi connectivity index (χ1n) is 6.67. The fourth-order valence-electron chi connectivity index (χ4n) is 1.96. The topological polar surface area (TPSA) is 46.9 Å². The van der Waals surface area contributed by atoms with Gasteiger partial charge in [0, 0.05) is 13.1 Å². The van der Waals surface area contributed by atoms with Crippen LogP contribution in [0.15, 0.2) is 35.3 Å². The van der Waals surface area contributed by atoms with Gasteiger partial charge in [0.05, 0.1) is 11.9 Å². The van der Waals surface area contributed by atoms with E-state index in [1.54, 1.807) is 6.20 Å². The van der Waals surface area contributed by atoms with Gasteiger partial charge in [-0.25, -0.2) is 4.68 Å². The molecule has 1 heterocycles. The van der Waals surface area contributed by atoms with E-state index in [0.717, 1.165) is 6.42 Å². The third-order valence-electron chi connectivity index (χ3n) is 3.15. The van der Waals surface area contributed by atoms with Gasteiger partial charge in [-0.3, -0.25) is 4.79 Å². The van der Waals surface area contributed by atoms with E-state index in [2.05, 4.69) is 23.4 Å². The van der Waals surface area contributed by atoms with Crippen LogP contribution in [0.1, 0.15) is 24.5 Å². The van der Waals surface area contributed by atoms with Gasteiger partial charge in [0.1, 0.15) is 5.02 Å². The zero-order chi connectivity index (χ0) is 14.5. The first kappa shape index (κ1) is 14.6. The van der Waals surface area contributed by atoms with Crippen molar-refractivity contribution in [1.29, 1.82) is 0 Å². The fourth-order valence-corrected chi connectivity index (χ4v) is 2.17. The SMILES string of the molecule is CCCn1ncc(NCc2ccccc2C)c(Cl)c1=O. The Hall–Kier alpha value is -1.81. The lowest BCUT2D eigenvalue weighted by Gasteiger charge is -2.11. The zero-order valence-electron chi connectivity index (χ0n) is 11.7. The maximum atomic E-state index is 12.0. The number of aryl methyl sites for hydroxylation is 2. The fraction of sp³-hybridized carbons (Fsp3) is 0.333. The van der Waals surface area contributed by atoms with E-state index in [-0.39, 0.29) is 10.6 Å². The third kappa shape index (κ3) is 3.20. The van der Waals surface area contributed by atoms with Crippen molar-refractivity contribution >= 4 is 17.3 Å². The van der Waals surface area contributed by atoms with Gasteiger partial charge in [-0.15, -0.1) is 0 Å². The van der Waals surface area contributed by atoms with Crippen LogP contribution >= 0.6 is 11.6 Å². The van der Waals surface area contributed by atoms with E-state index in [1.807, 2.05) is 25.1 Å². The molecule has 1 aromatic heterocycles. The highest BCUT2D eigenvalue weighted by Gasteiger charge is 2.08. The lowest BCUT2D eigenvalue weighted by Crippen LogP contribution is -2.24. The summed E-state index contributed by atoms with van der Waals surface area (Å²) >= 11 is 6.10. The van der Waals surface area contributed by atoms with Crippen LogP contribution in [0, 0.1) is 6.92 Å². The minimum absolute atomic E-state index is 0.196. The Bertz CT molecular complexity index is 652. The molecule has 5 heteroatoms. The molecule has 2 rings (SSSR count). The van der Waals surface area contributed by atoms with Gasteiger partial charge in [-0.1, -0.05) is 42.8 Å². The van der Waals surface area contributed by atoms with Crippen molar-refractivity contribution in [3.8, 4) is 0 Å². The number of halogens is 1. The van der Waals surface area contributed by atoms with Gasteiger partial charge in [-0.2, -0.15) is 5.10 Å². The number of aromatic nitrogens is 2. The molecule has 0 aliphatic rings. The maximum Gasteiger partial charge on any atom is 0.287 e. The summed E-state index contributed by atoms with van der Waals surface area (Å²) in [5.41, 5.74) is 2.69. The van der Waals surface area contributed by atoms with Crippen molar-refractivity contribution in [2.45, 2.75) is 33.4 Å². The Morgan fingerprint density at radius 3 is 2.80 bits per heavy atom. The molecule has 0 amide bonds. The van der Waals surface area contributed by atoms with Crippen LogP contribution in [0.2, 0.25) is 5.02 Å². The Morgan fingerprint density at radius 2 is 2.10 bits per heavy atom. The number of hydrogen-bond donors (Lipinski definition) is 1. The minimum atomic E-state index is -0.247. The summed E-state index contributed by atoms with van der Waals surface area (Å²) < 4.78 is 1.39. The Labute approximate surface area is 123 Å². The van der Waals surface area contributed by atoms with Crippen LogP contribution in [0.25, 0.3) is 0 Å². The average Bonchev–Trinajstić information content (AvgIpc) is 2.45. The summed E-state index contributed by atoms with van der Waals surface area (Å²) in [6, 6.07) is 8.08. The van der Waals surface area contributed by atoms with Crippen LogP contribution in [0.4, 0.5) is 5.69 Å². The van der Waals surface area contributed by atoms with E-state index >= 15 is 0 Å². The molecule has 106 valence electrons. The van der Waals surface area contributed by atoms with E-state index in [0.29, 0.717) is 18.8 Å². The predicted octanol–water partition coefficient (Wildman–Crippen LogP) is 3.23. The molecule has 1 N–H and O–H groups in total. The Balaban J connectivity index is 2.17. The second kappa shape index (κ2) is 6.57. The van der Waals surface area contributed by atoms with Crippen LogP contribution in [0.5, 0.6) is 0 Å². The molecule has 20 heavy (non-hydrogen) atoms. The van der Waals surface area contributed by atoms with Crippen LogP contribution in [-0.2, 0) is 13.1 Å². The predicted molar refractivity (Wildman–Crippen MR) is 82.3 cm³/mol. The van der Waals surface area contributed by atoms with Gasteiger partial charge in [0.2, 0.25) is 0 Å². The van der Waals surface area contributed by atoms with E-state index < -0.39 is 0 Å². The van der Waals surface area contributed by atoms with E-state index in [1.165, 1.54) is 15.8 Å². The second-order valence-corrected chi connectivity index (χ2v) is 5.06. The molecule has 0 atom stereocenters. The van der Waals surface area contributed by atoms with Gasteiger partial charge in [0.15, 0.2) is 0 Å². The van der Waals surface area contributed by atoms with Crippen molar-refractivity contribution in [2.75, 3.05) is 5.32 Å². The first-order chi connectivity index (χ1) is 9.63. The zero-order valence-corrected chi connectivity index (χ0v) is 12.4. The summed E-state index contributed by atoms with van der Waals surface area (Å²) in [6.45, 7) is 5.24. The highest BCUT2D eigenvalue weighted by atomic mass is 35.5. The molecular weight excluding hydrogens is 274 g/mol. The van der Waals surface area contributed by atoms with E-state index in [4.69, 9.17) is 11.6 Å². The second-order valence-electron chi connectivity index (χ2n) is 4.68. The maximum absolute atomic E-state index is 12.0. The number of rotatable bonds is 5. The minimum Gasteiger partial charge on any atom is -0.378 e. The Kier molecular flexibility index (Phi) is 4.79. The summed E-state index contributed by atoms with van der Waals surface area (Å²) in [5.74, 6) is 0. The number of nitrogens with zero attached hydrogens (tertiary/aromatic N) is 2. The molecule has 0 radical (unpaired) electrons. The van der Waals surface area contributed by atoms with E-state index in [9.17, 15) is 4.79 Å². The first-order valence-corrected chi connectivity index (χ1v) is 7.05. The van der Waals surface area contributed by atoms with Gasteiger partial charge in [-0.05, 0) is 24.5 Å². The number of hydrogen-bond acceptors (Lipinski definition) is 3. The number of anilines is 1. The number of nitrogens with one attached hydrogen (secondary N) is 1.